The maximum absolute atomic E-state index is 12.3. The Morgan fingerprint density at radius 1 is 1.39 bits per heavy atom. The van der Waals surface area contributed by atoms with Crippen molar-refractivity contribution < 1.29 is 22.7 Å². The quantitative estimate of drug-likeness (QED) is 0.840. The van der Waals surface area contributed by atoms with Gasteiger partial charge >= 0.3 is 0 Å². The second kappa shape index (κ2) is 5.84. The SMILES string of the molecule is CN1C(=O)CCOc2ccc(C(=O)NC3CCS(=O)(=O)C3)cc21. The molecule has 1 atom stereocenters. The minimum atomic E-state index is -3.05. The average Bonchev–Trinajstić information content (AvgIpc) is 2.77. The summed E-state index contributed by atoms with van der Waals surface area (Å²) < 4.78 is 28.4. The molecule has 23 heavy (non-hydrogen) atoms. The Morgan fingerprint density at radius 3 is 2.87 bits per heavy atom. The fraction of sp³-hybridized carbons (Fsp3) is 0.467. The maximum atomic E-state index is 12.3. The Balaban J connectivity index is 1.80. The monoisotopic (exact) mass is 338 g/mol. The zero-order chi connectivity index (χ0) is 16.6. The van der Waals surface area contributed by atoms with Crippen LogP contribution in [-0.2, 0) is 14.6 Å². The summed E-state index contributed by atoms with van der Waals surface area (Å²) in [6.45, 7) is 0.307. The van der Waals surface area contributed by atoms with Gasteiger partial charge in [0, 0.05) is 18.7 Å². The third-order valence-electron chi connectivity index (χ3n) is 4.10. The standard InChI is InChI=1S/C15H18N2O5S/c1-17-12-8-10(2-3-13(12)22-6-4-14(17)18)15(19)16-11-5-7-23(20,21)9-11/h2-3,8,11H,4-7,9H2,1H3,(H,16,19). The smallest absolute Gasteiger partial charge is 0.251 e. The Hall–Kier alpha value is -2.09. The number of carbonyl (C=O) groups is 2. The van der Waals surface area contributed by atoms with Crippen LogP contribution < -0.4 is 15.0 Å². The van der Waals surface area contributed by atoms with Crippen molar-refractivity contribution in [1.29, 1.82) is 0 Å². The van der Waals surface area contributed by atoms with Crippen LogP contribution in [0.15, 0.2) is 18.2 Å². The fourth-order valence-electron chi connectivity index (χ4n) is 2.77. The number of ether oxygens (including phenoxy) is 1. The molecule has 1 saturated heterocycles. The van der Waals surface area contributed by atoms with E-state index in [1.807, 2.05) is 0 Å². The van der Waals surface area contributed by atoms with Crippen molar-refractivity contribution in [3.05, 3.63) is 23.8 Å². The number of hydrogen-bond donors (Lipinski definition) is 1. The van der Waals surface area contributed by atoms with Gasteiger partial charge in [-0.05, 0) is 24.6 Å². The molecule has 1 aromatic rings. The van der Waals surface area contributed by atoms with Crippen LogP contribution in [0.3, 0.4) is 0 Å². The van der Waals surface area contributed by atoms with Crippen molar-refractivity contribution in [2.75, 3.05) is 30.1 Å². The molecule has 1 fully saturated rings. The molecule has 0 aromatic heterocycles. The van der Waals surface area contributed by atoms with Gasteiger partial charge in [0.25, 0.3) is 5.91 Å². The normalized spacial score (nSPS) is 22.9. The lowest BCUT2D eigenvalue weighted by Crippen LogP contribution is -2.35. The van der Waals surface area contributed by atoms with Gasteiger partial charge in [-0.15, -0.1) is 0 Å². The molecule has 1 N–H and O–H groups in total. The number of anilines is 1. The van der Waals surface area contributed by atoms with Crippen LogP contribution in [0.5, 0.6) is 5.75 Å². The first-order valence-electron chi connectivity index (χ1n) is 7.40. The molecule has 1 unspecified atom stereocenters. The highest BCUT2D eigenvalue weighted by Gasteiger charge is 2.29. The third kappa shape index (κ3) is 3.31. The minimum Gasteiger partial charge on any atom is -0.491 e. The van der Waals surface area contributed by atoms with Crippen LogP contribution >= 0.6 is 0 Å². The first-order valence-corrected chi connectivity index (χ1v) is 9.22. The third-order valence-corrected chi connectivity index (χ3v) is 5.87. The van der Waals surface area contributed by atoms with E-state index in [1.54, 1.807) is 25.2 Å². The van der Waals surface area contributed by atoms with Gasteiger partial charge in [-0.1, -0.05) is 0 Å². The highest BCUT2D eigenvalue weighted by atomic mass is 32.2. The summed E-state index contributed by atoms with van der Waals surface area (Å²) in [7, 11) is -1.41. The van der Waals surface area contributed by atoms with Gasteiger partial charge < -0.3 is 15.0 Å². The fourth-order valence-corrected chi connectivity index (χ4v) is 4.44. The number of benzene rings is 1. The first kappa shape index (κ1) is 15.8. The highest BCUT2D eigenvalue weighted by Crippen LogP contribution is 2.31. The van der Waals surface area contributed by atoms with Gasteiger partial charge in [0.05, 0.1) is 30.2 Å². The van der Waals surface area contributed by atoms with Gasteiger partial charge in [0.15, 0.2) is 9.84 Å². The lowest BCUT2D eigenvalue weighted by Gasteiger charge is -2.18. The Morgan fingerprint density at radius 2 is 2.17 bits per heavy atom. The lowest BCUT2D eigenvalue weighted by molar-refractivity contribution is -0.118. The van der Waals surface area contributed by atoms with Gasteiger partial charge in [0.1, 0.15) is 5.75 Å². The van der Waals surface area contributed by atoms with Crippen molar-refractivity contribution >= 4 is 27.3 Å². The number of fused-ring (bicyclic) bond motifs is 1. The lowest BCUT2D eigenvalue weighted by atomic mass is 10.1. The number of carbonyl (C=O) groups excluding carboxylic acids is 2. The van der Waals surface area contributed by atoms with Crippen molar-refractivity contribution in [2.24, 2.45) is 0 Å². The molecule has 2 aliphatic rings. The molecular formula is C15H18N2O5S. The molecule has 3 rings (SSSR count). The van der Waals surface area contributed by atoms with Crippen molar-refractivity contribution in [3.63, 3.8) is 0 Å². The molecular weight excluding hydrogens is 320 g/mol. The number of hydrogen-bond acceptors (Lipinski definition) is 5. The molecule has 2 amide bonds. The summed E-state index contributed by atoms with van der Waals surface area (Å²) in [5.74, 6) is 0.208. The summed E-state index contributed by atoms with van der Waals surface area (Å²) in [5.41, 5.74) is 0.914. The topological polar surface area (TPSA) is 92.8 Å². The molecule has 0 saturated carbocycles. The Kier molecular flexibility index (Phi) is 4.01. The predicted octanol–water partition coefficient (Wildman–Crippen LogP) is 0.349. The first-order chi connectivity index (χ1) is 10.9. The van der Waals surface area contributed by atoms with Crippen molar-refractivity contribution in [2.45, 2.75) is 18.9 Å². The number of rotatable bonds is 2. The highest BCUT2D eigenvalue weighted by molar-refractivity contribution is 7.91. The van der Waals surface area contributed by atoms with Crippen LogP contribution in [0.1, 0.15) is 23.2 Å². The van der Waals surface area contributed by atoms with Gasteiger partial charge in [-0.2, -0.15) is 0 Å². The molecule has 124 valence electrons. The molecule has 2 aliphatic heterocycles. The second-order valence-corrected chi connectivity index (χ2v) is 8.04. The van der Waals surface area contributed by atoms with Crippen LogP contribution in [0.2, 0.25) is 0 Å². The molecule has 0 spiro atoms. The molecule has 8 heteroatoms. The predicted molar refractivity (Wildman–Crippen MR) is 84.5 cm³/mol. The Labute approximate surface area is 134 Å². The number of nitrogens with one attached hydrogen (secondary N) is 1. The number of sulfone groups is 1. The number of amides is 2. The van der Waals surface area contributed by atoms with Gasteiger partial charge in [-0.25, -0.2) is 8.42 Å². The summed E-state index contributed by atoms with van der Waals surface area (Å²) >= 11 is 0. The summed E-state index contributed by atoms with van der Waals surface area (Å²) in [6.07, 6.45) is 0.715. The van der Waals surface area contributed by atoms with E-state index in [0.29, 0.717) is 30.0 Å². The van der Waals surface area contributed by atoms with Gasteiger partial charge in [-0.3, -0.25) is 9.59 Å². The largest absolute Gasteiger partial charge is 0.491 e. The van der Waals surface area contributed by atoms with E-state index in [-0.39, 0.29) is 35.8 Å². The maximum Gasteiger partial charge on any atom is 0.251 e. The van der Waals surface area contributed by atoms with Crippen molar-refractivity contribution in [1.82, 2.24) is 5.32 Å². The van der Waals surface area contributed by atoms with Gasteiger partial charge in [0.2, 0.25) is 5.91 Å². The minimum absolute atomic E-state index is 0.0226. The van der Waals surface area contributed by atoms with E-state index in [9.17, 15) is 18.0 Å². The number of nitrogens with zero attached hydrogens (tertiary/aromatic N) is 1. The average molecular weight is 338 g/mol. The van der Waals surface area contributed by atoms with E-state index in [2.05, 4.69) is 5.32 Å². The molecule has 1 aromatic carbocycles. The van der Waals surface area contributed by atoms with Crippen LogP contribution in [0.4, 0.5) is 5.69 Å². The van der Waals surface area contributed by atoms with E-state index < -0.39 is 9.84 Å². The molecule has 0 radical (unpaired) electrons. The van der Waals surface area contributed by atoms with E-state index >= 15 is 0 Å². The summed E-state index contributed by atoms with van der Waals surface area (Å²) in [5, 5.41) is 2.74. The zero-order valence-electron chi connectivity index (χ0n) is 12.7. The second-order valence-electron chi connectivity index (χ2n) is 5.81. The molecule has 0 bridgehead atoms. The Bertz CT molecular complexity index is 759. The van der Waals surface area contributed by atoms with E-state index in [4.69, 9.17) is 4.74 Å². The summed E-state index contributed by atoms with van der Waals surface area (Å²) in [6, 6.07) is 4.51. The van der Waals surface area contributed by atoms with E-state index in [1.165, 1.54) is 4.90 Å². The zero-order valence-corrected chi connectivity index (χ0v) is 13.6. The molecule has 7 nitrogen and oxygen atoms in total. The van der Waals surface area contributed by atoms with Crippen LogP contribution in [-0.4, -0.2) is 51.4 Å². The van der Waals surface area contributed by atoms with Crippen LogP contribution in [0, 0.1) is 0 Å². The van der Waals surface area contributed by atoms with Crippen molar-refractivity contribution in [3.8, 4) is 5.75 Å². The molecule has 2 heterocycles. The van der Waals surface area contributed by atoms with E-state index in [0.717, 1.165) is 0 Å². The molecule has 0 aliphatic carbocycles. The summed E-state index contributed by atoms with van der Waals surface area (Å²) in [4.78, 5) is 25.7. The van der Waals surface area contributed by atoms with Crippen LogP contribution in [0.25, 0.3) is 0 Å².